The van der Waals surface area contributed by atoms with E-state index in [1.54, 1.807) is 37.4 Å². The zero-order valence-electron chi connectivity index (χ0n) is 15.1. The summed E-state index contributed by atoms with van der Waals surface area (Å²) in [5, 5.41) is 11.3. The number of nitrogens with one attached hydrogen (secondary N) is 2. The van der Waals surface area contributed by atoms with Crippen molar-refractivity contribution in [2.75, 3.05) is 13.6 Å². The van der Waals surface area contributed by atoms with Gasteiger partial charge in [0.25, 0.3) is 0 Å². The summed E-state index contributed by atoms with van der Waals surface area (Å²) in [6.45, 7) is 2.67. The largest absolute Gasteiger partial charge is 0.486 e. The fourth-order valence-electron chi connectivity index (χ4n) is 2.24. The van der Waals surface area contributed by atoms with Crippen molar-refractivity contribution in [1.29, 1.82) is 0 Å². The van der Waals surface area contributed by atoms with Gasteiger partial charge in [-0.25, -0.2) is 17.9 Å². The van der Waals surface area contributed by atoms with Gasteiger partial charge in [0.1, 0.15) is 6.10 Å². The molecule has 1 atom stereocenters. The minimum atomic E-state index is -3.70. The monoisotopic (exact) mass is 394 g/mol. The summed E-state index contributed by atoms with van der Waals surface area (Å²) in [6.07, 6.45) is -0.283. The number of hydrogen-bond acceptors (Lipinski definition) is 4. The highest BCUT2D eigenvalue weighted by molar-refractivity contribution is 7.89. The van der Waals surface area contributed by atoms with Gasteiger partial charge in [0.2, 0.25) is 10.0 Å². The predicted molar refractivity (Wildman–Crippen MR) is 103 cm³/mol. The quantitative estimate of drug-likeness (QED) is 0.489. The van der Waals surface area contributed by atoms with Crippen LogP contribution in [0.2, 0.25) is 0 Å². The molecule has 9 heteroatoms. The van der Waals surface area contributed by atoms with Crippen molar-refractivity contribution >= 4 is 16.0 Å². The molecule has 2 aromatic rings. The van der Waals surface area contributed by atoms with E-state index < -0.39 is 15.8 Å². The molecule has 0 radical (unpaired) electrons. The number of rotatable bonds is 7. The Bertz CT molecular complexity index is 886. The minimum absolute atomic E-state index is 0.0628. The number of nitrogens with two attached hydrogens (primary N) is 1. The topological polar surface area (TPSA) is 106 Å². The van der Waals surface area contributed by atoms with Crippen LogP contribution in [0.25, 0.3) is 0 Å². The minimum Gasteiger partial charge on any atom is -0.486 e. The van der Waals surface area contributed by atoms with Crippen molar-refractivity contribution in [2.24, 2.45) is 10.1 Å². The third-order valence-electron chi connectivity index (χ3n) is 3.66. The Balaban J connectivity index is 1.83. The number of nitrogens with zero attached hydrogens (tertiary/aromatic N) is 1. The molecule has 2 rings (SSSR count). The molecule has 2 aromatic carbocycles. The maximum absolute atomic E-state index is 13.6. The Morgan fingerprint density at radius 2 is 1.85 bits per heavy atom. The number of guanidine groups is 1. The molecule has 146 valence electrons. The molecule has 4 N–H and O–H groups in total. The third-order valence-corrected chi connectivity index (χ3v) is 4.59. The molecule has 1 unspecified atom stereocenters. The molecular weight excluding hydrogens is 371 g/mol. The summed E-state index contributed by atoms with van der Waals surface area (Å²) in [4.78, 5) is 4.17. The van der Waals surface area contributed by atoms with Gasteiger partial charge in [-0.1, -0.05) is 24.3 Å². The highest BCUT2D eigenvalue weighted by Gasteiger charge is 2.09. The molecule has 0 bridgehead atoms. The van der Waals surface area contributed by atoms with Crippen LogP contribution in [0.5, 0.6) is 5.75 Å². The number of para-hydroxylation sites is 1. The highest BCUT2D eigenvalue weighted by atomic mass is 32.2. The zero-order chi connectivity index (χ0) is 19.9. The molecule has 0 heterocycles. The SMILES string of the molecule is CN=C(NCc1ccc(S(N)(=O)=O)cc1)NCC(C)Oc1ccccc1F. The van der Waals surface area contributed by atoms with Crippen LogP contribution in [0.4, 0.5) is 4.39 Å². The van der Waals surface area contributed by atoms with Crippen LogP contribution in [-0.4, -0.2) is 34.1 Å². The first-order valence-corrected chi connectivity index (χ1v) is 9.81. The van der Waals surface area contributed by atoms with Gasteiger partial charge in [-0.15, -0.1) is 0 Å². The van der Waals surface area contributed by atoms with Gasteiger partial charge in [-0.3, -0.25) is 4.99 Å². The molecule has 0 aromatic heterocycles. The Morgan fingerprint density at radius 3 is 2.44 bits per heavy atom. The summed E-state index contributed by atoms with van der Waals surface area (Å²) >= 11 is 0. The number of ether oxygens (including phenoxy) is 1. The molecule has 0 aliphatic rings. The average Bonchev–Trinajstić information content (AvgIpc) is 2.63. The second-order valence-electron chi connectivity index (χ2n) is 5.85. The molecule has 0 saturated carbocycles. The Kier molecular flexibility index (Phi) is 7.14. The summed E-state index contributed by atoms with van der Waals surface area (Å²) < 4.78 is 41.7. The van der Waals surface area contributed by atoms with Gasteiger partial charge in [0.05, 0.1) is 11.4 Å². The lowest BCUT2D eigenvalue weighted by Gasteiger charge is -2.18. The highest BCUT2D eigenvalue weighted by Crippen LogP contribution is 2.16. The Labute approximate surface area is 158 Å². The van der Waals surface area contributed by atoms with E-state index in [-0.39, 0.29) is 16.7 Å². The Morgan fingerprint density at radius 1 is 1.19 bits per heavy atom. The van der Waals surface area contributed by atoms with Crippen molar-refractivity contribution in [1.82, 2.24) is 10.6 Å². The third kappa shape index (κ3) is 6.54. The predicted octanol–water partition coefficient (Wildman–Crippen LogP) is 1.61. The van der Waals surface area contributed by atoms with E-state index in [9.17, 15) is 12.8 Å². The van der Waals surface area contributed by atoms with Crippen LogP contribution in [-0.2, 0) is 16.6 Å². The van der Waals surface area contributed by atoms with Gasteiger partial charge in [0.15, 0.2) is 17.5 Å². The van der Waals surface area contributed by atoms with Crippen molar-refractivity contribution in [3.05, 3.63) is 59.9 Å². The number of halogens is 1. The smallest absolute Gasteiger partial charge is 0.238 e. The van der Waals surface area contributed by atoms with E-state index >= 15 is 0 Å². The molecule has 7 nitrogen and oxygen atoms in total. The maximum atomic E-state index is 13.6. The zero-order valence-corrected chi connectivity index (χ0v) is 16.0. The van der Waals surface area contributed by atoms with Gasteiger partial charge in [-0.2, -0.15) is 0 Å². The molecule has 0 aliphatic carbocycles. The van der Waals surface area contributed by atoms with Crippen molar-refractivity contribution in [3.63, 3.8) is 0 Å². The van der Waals surface area contributed by atoms with Crippen LogP contribution < -0.4 is 20.5 Å². The summed E-state index contributed by atoms with van der Waals surface area (Å²) in [5.41, 5.74) is 0.862. The van der Waals surface area contributed by atoms with Crippen molar-refractivity contribution < 1.29 is 17.5 Å². The van der Waals surface area contributed by atoms with Crippen LogP contribution in [0.3, 0.4) is 0 Å². The van der Waals surface area contributed by atoms with Crippen LogP contribution in [0, 0.1) is 5.82 Å². The van der Waals surface area contributed by atoms with E-state index in [4.69, 9.17) is 9.88 Å². The standard InChI is InChI=1S/C18H23FN4O3S/c1-13(26-17-6-4-3-5-16(17)19)11-22-18(21-2)23-12-14-7-9-15(10-8-14)27(20,24)25/h3-10,13H,11-12H2,1-2H3,(H2,20,24,25)(H2,21,22,23). The van der Waals surface area contributed by atoms with Gasteiger partial charge in [-0.05, 0) is 36.8 Å². The number of benzene rings is 2. The first kappa shape index (κ1) is 20.7. The molecule has 0 amide bonds. The Hall–Kier alpha value is -2.65. The van der Waals surface area contributed by atoms with E-state index in [0.717, 1.165) is 5.56 Å². The van der Waals surface area contributed by atoms with Crippen molar-refractivity contribution in [3.8, 4) is 5.75 Å². The number of primary sulfonamides is 1. The number of aliphatic imine (C=N–C) groups is 1. The lowest BCUT2D eigenvalue weighted by Crippen LogP contribution is -2.41. The number of hydrogen-bond donors (Lipinski definition) is 3. The first-order chi connectivity index (χ1) is 12.8. The lowest BCUT2D eigenvalue weighted by atomic mass is 10.2. The first-order valence-electron chi connectivity index (χ1n) is 8.27. The van der Waals surface area contributed by atoms with Crippen LogP contribution in [0.15, 0.2) is 58.4 Å². The molecule has 0 aliphatic heterocycles. The number of sulfonamides is 1. The van der Waals surface area contributed by atoms with Crippen molar-refractivity contribution in [2.45, 2.75) is 24.5 Å². The normalized spacial score (nSPS) is 13.1. The maximum Gasteiger partial charge on any atom is 0.238 e. The second kappa shape index (κ2) is 9.33. The fraction of sp³-hybridized carbons (Fsp3) is 0.278. The van der Waals surface area contributed by atoms with Gasteiger partial charge >= 0.3 is 0 Å². The molecule has 0 spiro atoms. The van der Waals surface area contributed by atoms with Crippen LogP contribution in [0.1, 0.15) is 12.5 Å². The molecular formula is C18H23FN4O3S. The average molecular weight is 394 g/mol. The van der Waals surface area contributed by atoms with E-state index in [2.05, 4.69) is 15.6 Å². The van der Waals surface area contributed by atoms with E-state index in [0.29, 0.717) is 19.0 Å². The van der Waals surface area contributed by atoms with Gasteiger partial charge < -0.3 is 15.4 Å². The van der Waals surface area contributed by atoms with E-state index in [1.165, 1.54) is 18.2 Å². The molecule has 0 fully saturated rings. The molecule has 0 saturated heterocycles. The van der Waals surface area contributed by atoms with E-state index in [1.807, 2.05) is 6.92 Å². The van der Waals surface area contributed by atoms with Crippen LogP contribution >= 0.6 is 0 Å². The molecule has 27 heavy (non-hydrogen) atoms. The summed E-state index contributed by atoms with van der Waals surface area (Å²) in [6, 6.07) is 12.5. The van der Waals surface area contributed by atoms with Gasteiger partial charge in [0, 0.05) is 13.6 Å². The summed E-state index contributed by atoms with van der Waals surface area (Å²) in [5.74, 6) is 0.328. The fourth-order valence-corrected chi connectivity index (χ4v) is 2.76. The lowest BCUT2D eigenvalue weighted by molar-refractivity contribution is 0.214. The summed E-state index contributed by atoms with van der Waals surface area (Å²) in [7, 11) is -2.07. The second-order valence-corrected chi connectivity index (χ2v) is 7.42.